The first-order valence-corrected chi connectivity index (χ1v) is 5.47. The predicted molar refractivity (Wildman–Crippen MR) is 65.5 cm³/mol. The highest BCUT2D eigenvalue weighted by Gasteiger charge is 2.13. The minimum absolute atomic E-state index is 0.313. The molecule has 0 saturated carbocycles. The van der Waals surface area contributed by atoms with Gasteiger partial charge in [-0.1, -0.05) is 23.7 Å². The van der Waals surface area contributed by atoms with Gasteiger partial charge in [0, 0.05) is 17.1 Å². The summed E-state index contributed by atoms with van der Waals surface area (Å²) >= 11 is 6.14. The second kappa shape index (κ2) is 3.87. The van der Waals surface area contributed by atoms with Gasteiger partial charge in [-0.05, 0) is 32.5 Å². The normalized spacial score (nSPS) is 13.3. The average Bonchev–Trinajstić information content (AvgIpc) is 2.57. The Labute approximate surface area is 94.6 Å². The third-order valence-electron chi connectivity index (χ3n) is 2.95. The second-order valence-corrected chi connectivity index (χ2v) is 4.24. The molecule has 0 aliphatic rings. The fourth-order valence-corrected chi connectivity index (χ4v) is 2.14. The highest BCUT2D eigenvalue weighted by atomic mass is 35.5. The molecule has 1 heterocycles. The van der Waals surface area contributed by atoms with Crippen molar-refractivity contribution in [1.82, 2.24) is 10.3 Å². The van der Waals surface area contributed by atoms with Gasteiger partial charge in [0.05, 0.1) is 10.5 Å². The molecule has 1 aromatic heterocycles. The number of hydrogen-bond donors (Lipinski definition) is 2. The van der Waals surface area contributed by atoms with Crippen LogP contribution in [-0.2, 0) is 0 Å². The van der Waals surface area contributed by atoms with E-state index in [1.807, 2.05) is 19.2 Å². The lowest BCUT2D eigenvalue weighted by Crippen LogP contribution is -2.13. The smallest absolute Gasteiger partial charge is 0.0648 e. The Bertz CT molecular complexity index is 488. The fourth-order valence-electron chi connectivity index (χ4n) is 1.91. The lowest BCUT2D eigenvalue weighted by Gasteiger charge is -2.08. The molecule has 2 aromatic rings. The molecule has 0 saturated heterocycles. The van der Waals surface area contributed by atoms with Gasteiger partial charge in [0.15, 0.2) is 0 Å². The van der Waals surface area contributed by atoms with Gasteiger partial charge in [0.25, 0.3) is 0 Å². The Morgan fingerprint density at radius 1 is 1.40 bits per heavy atom. The van der Waals surface area contributed by atoms with E-state index in [0.717, 1.165) is 10.5 Å². The van der Waals surface area contributed by atoms with Crippen molar-refractivity contribution < 1.29 is 0 Å². The molecule has 2 nitrogen and oxygen atoms in total. The Balaban J connectivity index is 2.69. The van der Waals surface area contributed by atoms with Crippen molar-refractivity contribution in [3.8, 4) is 0 Å². The van der Waals surface area contributed by atoms with Gasteiger partial charge < -0.3 is 10.3 Å². The van der Waals surface area contributed by atoms with Crippen LogP contribution >= 0.6 is 11.6 Å². The van der Waals surface area contributed by atoms with E-state index >= 15 is 0 Å². The molecule has 0 aliphatic heterocycles. The maximum Gasteiger partial charge on any atom is 0.0648 e. The summed E-state index contributed by atoms with van der Waals surface area (Å²) in [5.74, 6) is 0. The van der Waals surface area contributed by atoms with Crippen molar-refractivity contribution in [2.75, 3.05) is 7.05 Å². The summed E-state index contributed by atoms with van der Waals surface area (Å²) < 4.78 is 0. The van der Waals surface area contributed by atoms with E-state index in [2.05, 4.69) is 30.2 Å². The summed E-state index contributed by atoms with van der Waals surface area (Å²) in [5.41, 5.74) is 3.52. The molecule has 2 N–H and O–H groups in total. The zero-order chi connectivity index (χ0) is 11.0. The number of aromatic nitrogens is 1. The van der Waals surface area contributed by atoms with Crippen LogP contribution < -0.4 is 5.32 Å². The first kappa shape index (κ1) is 10.5. The molecule has 15 heavy (non-hydrogen) atoms. The number of rotatable bonds is 2. The molecule has 0 aliphatic carbocycles. The second-order valence-electron chi connectivity index (χ2n) is 3.84. The lowest BCUT2D eigenvalue weighted by atomic mass is 10.1. The number of aryl methyl sites for hydroxylation is 1. The lowest BCUT2D eigenvalue weighted by molar-refractivity contribution is 0.634. The molecule has 0 fully saturated rings. The number of aromatic amines is 1. The van der Waals surface area contributed by atoms with E-state index in [-0.39, 0.29) is 0 Å². The quantitative estimate of drug-likeness (QED) is 0.801. The summed E-state index contributed by atoms with van der Waals surface area (Å²) in [7, 11) is 1.96. The molecular formula is C12H15ClN2. The van der Waals surface area contributed by atoms with Crippen LogP contribution in [0.4, 0.5) is 0 Å². The molecule has 3 heteroatoms. The van der Waals surface area contributed by atoms with E-state index in [9.17, 15) is 0 Å². The van der Waals surface area contributed by atoms with Gasteiger partial charge in [0.2, 0.25) is 0 Å². The Morgan fingerprint density at radius 3 is 2.73 bits per heavy atom. The highest BCUT2D eigenvalue weighted by Crippen LogP contribution is 2.29. The molecule has 2 rings (SSSR count). The van der Waals surface area contributed by atoms with Gasteiger partial charge in [-0.2, -0.15) is 0 Å². The van der Waals surface area contributed by atoms with Crippen LogP contribution in [0.1, 0.15) is 24.2 Å². The standard InChI is InChI=1S/C12H15ClN2/c1-7-9-5-4-6-10(13)12(9)15-11(7)8(2)14-3/h4-6,8,14-15H,1-3H3. The van der Waals surface area contributed by atoms with E-state index in [0.29, 0.717) is 6.04 Å². The number of hydrogen-bond acceptors (Lipinski definition) is 1. The molecule has 1 unspecified atom stereocenters. The van der Waals surface area contributed by atoms with Crippen LogP contribution in [-0.4, -0.2) is 12.0 Å². The summed E-state index contributed by atoms with van der Waals surface area (Å²) in [6.45, 7) is 4.25. The summed E-state index contributed by atoms with van der Waals surface area (Å²) in [4.78, 5) is 3.39. The topological polar surface area (TPSA) is 27.8 Å². The van der Waals surface area contributed by atoms with Crippen LogP contribution in [0.15, 0.2) is 18.2 Å². The van der Waals surface area contributed by atoms with Crippen LogP contribution in [0.2, 0.25) is 5.02 Å². The number of halogens is 1. The maximum atomic E-state index is 6.14. The molecule has 0 amide bonds. The SMILES string of the molecule is CNC(C)c1[nH]c2c(Cl)cccc2c1C. The number of fused-ring (bicyclic) bond motifs is 1. The van der Waals surface area contributed by atoms with Crippen molar-refractivity contribution in [2.24, 2.45) is 0 Å². The zero-order valence-corrected chi connectivity index (χ0v) is 9.94. The van der Waals surface area contributed by atoms with E-state index < -0.39 is 0 Å². The van der Waals surface area contributed by atoms with Crippen molar-refractivity contribution >= 4 is 22.5 Å². The van der Waals surface area contributed by atoms with Gasteiger partial charge in [-0.15, -0.1) is 0 Å². The van der Waals surface area contributed by atoms with Crippen molar-refractivity contribution in [2.45, 2.75) is 19.9 Å². The Kier molecular flexibility index (Phi) is 2.72. The van der Waals surface area contributed by atoms with Crippen molar-refractivity contribution in [1.29, 1.82) is 0 Å². The van der Waals surface area contributed by atoms with Crippen LogP contribution in [0.25, 0.3) is 10.9 Å². The zero-order valence-electron chi connectivity index (χ0n) is 9.19. The monoisotopic (exact) mass is 222 g/mol. The Morgan fingerprint density at radius 2 is 2.13 bits per heavy atom. The first-order chi connectivity index (χ1) is 7.15. The van der Waals surface area contributed by atoms with Gasteiger partial charge >= 0.3 is 0 Å². The first-order valence-electron chi connectivity index (χ1n) is 5.09. The largest absolute Gasteiger partial charge is 0.356 e. The summed E-state index contributed by atoms with van der Waals surface area (Å²) in [6.07, 6.45) is 0. The third kappa shape index (κ3) is 1.64. The highest BCUT2D eigenvalue weighted by molar-refractivity contribution is 6.35. The van der Waals surface area contributed by atoms with Crippen molar-refractivity contribution in [3.63, 3.8) is 0 Å². The van der Waals surface area contributed by atoms with E-state index in [1.165, 1.54) is 16.6 Å². The molecule has 1 atom stereocenters. The number of nitrogens with one attached hydrogen (secondary N) is 2. The van der Waals surface area contributed by atoms with Gasteiger partial charge in [-0.25, -0.2) is 0 Å². The van der Waals surface area contributed by atoms with E-state index in [4.69, 9.17) is 11.6 Å². The third-order valence-corrected chi connectivity index (χ3v) is 3.26. The maximum absolute atomic E-state index is 6.14. The van der Waals surface area contributed by atoms with Gasteiger partial charge in [-0.3, -0.25) is 0 Å². The van der Waals surface area contributed by atoms with Crippen LogP contribution in [0, 0.1) is 6.92 Å². The molecule has 0 radical (unpaired) electrons. The van der Waals surface area contributed by atoms with Crippen molar-refractivity contribution in [3.05, 3.63) is 34.5 Å². The van der Waals surface area contributed by atoms with Crippen LogP contribution in [0.3, 0.4) is 0 Å². The number of para-hydroxylation sites is 1. The number of H-pyrrole nitrogens is 1. The summed E-state index contributed by atoms with van der Waals surface area (Å²) in [5, 5.41) is 5.22. The fraction of sp³-hybridized carbons (Fsp3) is 0.333. The predicted octanol–water partition coefficient (Wildman–Crippen LogP) is 3.41. The van der Waals surface area contributed by atoms with E-state index in [1.54, 1.807) is 0 Å². The molecule has 80 valence electrons. The molecular weight excluding hydrogens is 208 g/mol. The molecule has 0 spiro atoms. The summed E-state index contributed by atoms with van der Waals surface area (Å²) in [6, 6.07) is 6.31. The van der Waals surface area contributed by atoms with Crippen LogP contribution in [0.5, 0.6) is 0 Å². The average molecular weight is 223 g/mol. The van der Waals surface area contributed by atoms with Gasteiger partial charge in [0.1, 0.15) is 0 Å². The minimum atomic E-state index is 0.313. The molecule has 0 bridgehead atoms. The minimum Gasteiger partial charge on any atom is -0.356 e. The Hall–Kier alpha value is -0.990. The molecule has 1 aromatic carbocycles. The number of benzene rings is 1.